The summed E-state index contributed by atoms with van der Waals surface area (Å²) in [5.74, 6) is -1.40. The highest BCUT2D eigenvalue weighted by molar-refractivity contribution is 5.89. The number of nitrogens with two attached hydrogens (primary N) is 1. The van der Waals surface area contributed by atoms with Crippen LogP contribution in [0.5, 0.6) is 0 Å². The van der Waals surface area contributed by atoms with E-state index in [0.29, 0.717) is 6.54 Å². The maximum atomic E-state index is 13.1. The molecule has 21 heavy (non-hydrogen) atoms. The molecule has 2 rings (SSSR count). The summed E-state index contributed by atoms with van der Waals surface area (Å²) in [6, 6.07) is 0. The first-order chi connectivity index (χ1) is 9.63. The van der Waals surface area contributed by atoms with E-state index in [2.05, 4.69) is 9.88 Å². The average molecular weight is 303 g/mol. The quantitative estimate of drug-likeness (QED) is 0.919. The Hall–Kier alpha value is -1.57. The number of primary amides is 1. The van der Waals surface area contributed by atoms with Crippen molar-refractivity contribution in [3.8, 4) is 0 Å². The van der Waals surface area contributed by atoms with Gasteiger partial charge in [0, 0.05) is 6.54 Å². The van der Waals surface area contributed by atoms with E-state index in [0.717, 1.165) is 30.5 Å². The lowest BCUT2D eigenvalue weighted by atomic mass is 10.0. The maximum Gasteiger partial charge on any atom is 0.433 e. The number of rotatable bonds is 4. The average Bonchev–Trinajstić information content (AvgIpc) is 2.93. The Labute approximate surface area is 120 Å². The van der Waals surface area contributed by atoms with Crippen LogP contribution in [-0.4, -0.2) is 40.0 Å². The van der Waals surface area contributed by atoms with Crippen LogP contribution >= 0.6 is 0 Å². The lowest BCUT2D eigenvalue weighted by molar-refractivity contribution is -0.145. The van der Waals surface area contributed by atoms with Crippen molar-refractivity contribution in [1.29, 1.82) is 0 Å². The number of halogens is 3. The van der Waals surface area contributed by atoms with Crippen LogP contribution in [0.25, 0.3) is 0 Å². The van der Waals surface area contributed by atoms with Gasteiger partial charge in [0.2, 0.25) is 0 Å². The molecule has 1 aliphatic rings. The molecule has 2 N–H and O–H groups in total. The van der Waals surface area contributed by atoms with Gasteiger partial charge in [-0.3, -0.25) is 4.79 Å². The van der Waals surface area contributed by atoms with Gasteiger partial charge in [-0.15, -0.1) is 0 Å². The molecule has 1 aromatic rings. The van der Waals surface area contributed by atoms with Crippen LogP contribution in [0.4, 0.5) is 13.2 Å². The molecule has 0 spiro atoms. The van der Waals surface area contributed by atoms with Gasteiger partial charge in [0.15, 0.2) is 11.5 Å². The van der Waals surface area contributed by atoms with Gasteiger partial charge in [-0.05, 0) is 39.8 Å². The fourth-order valence-corrected chi connectivity index (χ4v) is 2.82. The molecule has 8 heteroatoms. The first-order valence-electron chi connectivity index (χ1n) is 6.73. The largest absolute Gasteiger partial charge is 0.433 e. The van der Waals surface area contributed by atoms with E-state index >= 15 is 0 Å². The van der Waals surface area contributed by atoms with E-state index < -0.39 is 29.1 Å². The topological polar surface area (TPSA) is 64.2 Å². The molecule has 1 aliphatic heterocycles. The highest BCUT2D eigenvalue weighted by Gasteiger charge is 2.42. The van der Waals surface area contributed by atoms with Crippen LogP contribution in [-0.2, 0) is 11.7 Å². The van der Waals surface area contributed by atoms with Gasteiger partial charge < -0.3 is 15.2 Å². The standard InChI is InChI=1S/C13H18F3N4O/c1-12(2,8-19-5-3-4-6-19)20-9(13(14,15)16)7-18-11(20)10(17)21/h3-6,8H2,1-2H3,(H2,17,21). The fraction of sp³-hybridized carbons (Fsp3) is 0.692. The molecular formula is C13H18F3N4O. The van der Waals surface area contributed by atoms with Gasteiger partial charge in [0.25, 0.3) is 5.91 Å². The molecule has 0 aliphatic carbocycles. The summed E-state index contributed by atoms with van der Waals surface area (Å²) in [6.45, 7) is 5.36. The van der Waals surface area contributed by atoms with Crippen molar-refractivity contribution < 1.29 is 18.0 Å². The zero-order valence-corrected chi connectivity index (χ0v) is 12.0. The zero-order valence-electron chi connectivity index (χ0n) is 12.0. The molecule has 0 aromatic carbocycles. The number of imidazole rings is 1. The van der Waals surface area contributed by atoms with Crippen LogP contribution in [0.15, 0.2) is 0 Å². The second-order valence-electron chi connectivity index (χ2n) is 5.89. The lowest BCUT2D eigenvalue weighted by Crippen LogP contribution is -2.43. The minimum absolute atomic E-state index is 0.389. The smallest absolute Gasteiger partial charge is 0.363 e. The van der Waals surface area contributed by atoms with E-state index in [1.54, 1.807) is 13.8 Å². The predicted octanol–water partition coefficient (Wildman–Crippen LogP) is 1.63. The first-order valence-corrected chi connectivity index (χ1v) is 6.73. The number of hydrogen-bond acceptors (Lipinski definition) is 3. The second kappa shape index (κ2) is 5.32. The third kappa shape index (κ3) is 3.20. The summed E-state index contributed by atoms with van der Waals surface area (Å²) in [4.78, 5) is 16.9. The van der Waals surface area contributed by atoms with Crippen molar-refractivity contribution in [3.05, 3.63) is 17.7 Å². The van der Waals surface area contributed by atoms with Gasteiger partial charge in [-0.2, -0.15) is 13.2 Å². The zero-order chi connectivity index (χ0) is 15.8. The van der Waals surface area contributed by atoms with E-state index in [1.165, 1.54) is 0 Å². The summed E-state index contributed by atoms with van der Waals surface area (Å²) in [5, 5.41) is 0. The third-order valence-corrected chi connectivity index (χ3v) is 3.61. The number of alkyl halides is 3. The number of nitrogens with zero attached hydrogens (tertiary/aromatic N) is 3. The molecule has 0 saturated carbocycles. The number of carbonyl (C=O) groups is 1. The minimum atomic E-state index is -4.64. The molecule has 0 unspecified atom stereocenters. The first kappa shape index (κ1) is 15.8. The summed E-state index contributed by atoms with van der Waals surface area (Å²) < 4.78 is 40.2. The van der Waals surface area contributed by atoms with Crippen molar-refractivity contribution in [3.63, 3.8) is 0 Å². The van der Waals surface area contributed by atoms with Crippen LogP contribution < -0.4 is 5.73 Å². The molecule has 1 aromatic heterocycles. The predicted molar refractivity (Wildman–Crippen MR) is 69.6 cm³/mol. The van der Waals surface area contributed by atoms with Crippen molar-refractivity contribution in [2.45, 2.75) is 38.4 Å². The summed E-state index contributed by atoms with van der Waals surface area (Å²) in [7, 11) is 0. The Bertz CT molecular complexity index is 530. The Morgan fingerprint density at radius 2 is 1.90 bits per heavy atom. The third-order valence-electron chi connectivity index (χ3n) is 3.61. The SMILES string of the molecule is CC(C)(CN1CCCC1)n1c(C(F)(F)F)[c]nc1C(N)=O. The van der Waals surface area contributed by atoms with E-state index in [1.807, 2.05) is 6.20 Å². The molecule has 1 amide bonds. The fourth-order valence-electron chi connectivity index (χ4n) is 2.82. The number of likely N-dealkylation sites (tertiary alicyclic amines) is 1. The minimum Gasteiger partial charge on any atom is -0.363 e. The number of aromatic nitrogens is 2. The van der Waals surface area contributed by atoms with Crippen molar-refractivity contribution >= 4 is 5.91 Å². The highest BCUT2D eigenvalue weighted by Crippen LogP contribution is 2.34. The number of amides is 1. The normalized spacial score (nSPS) is 17.4. The van der Waals surface area contributed by atoms with Gasteiger partial charge >= 0.3 is 6.18 Å². The summed E-state index contributed by atoms with van der Waals surface area (Å²) in [5.41, 5.74) is 3.12. The van der Waals surface area contributed by atoms with Gasteiger partial charge in [0.1, 0.15) is 6.20 Å². The molecule has 0 bridgehead atoms. The molecular weight excluding hydrogens is 285 g/mol. The maximum absolute atomic E-state index is 13.1. The molecule has 0 atom stereocenters. The number of carbonyl (C=O) groups excluding carboxylic acids is 1. The van der Waals surface area contributed by atoms with Crippen LogP contribution in [0.2, 0.25) is 0 Å². The van der Waals surface area contributed by atoms with Crippen molar-refractivity contribution in [2.75, 3.05) is 19.6 Å². The van der Waals surface area contributed by atoms with Crippen LogP contribution in [0.1, 0.15) is 43.0 Å². The Morgan fingerprint density at radius 1 is 1.33 bits per heavy atom. The Balaban J connectivity index is 2.43. The van der Waals surface area contributed by atoms with Crippen molar-refractivity contribution in [1.82, 2.24) is 14.5 Å². The van der Waals surface area contributed by atoms with Crippen molar-refractivity contribution in [2.24, 2.45) is 5.73 Å². The molecule has 1 radical (unpaired) electrons. The Kier molecular flexibility index (Phi) is 4.01. The van der Waals surface area contributed by atoms with Crippen LogP contribution in [0, 0.1) is 6.20 Å². The molecule has 1 saturated heterocycles. The molecule has 1 fully saturated rings. The van der Waals surface area contributed by atoms with E-state index in [-0.39, 0.29) is 0 Å². The summed E-state index contributed by atoms with van der Waals surface area (Å²) in [6.07, 6.45) is -0.683. The summed E-state index contributed by atoms with van der Waals surface area (Å²) >= 11 is 0. The monoisotopic (exact) mass is 303 g/mol. The van der Waals surface area contributed by atoms with E-state index in [4.69, 9.17) is 5.73 Å². The Morgan fingerprint density at radius 3 is 2.38 bits per heavy atom. The van der Waals surface area contributed by atoms with E-state index in [9.17, 15) is 18.0 Å². The molecule has 117 valence electrons. The van der Waals surface area contributed by atoms with Gasteiger partial charge in [-0.25, -0.2) is 4.98 Å². The second-order valence-corrected chi connectivity index (χ2v) is 5.89. The molecule has 5 nitrogen and oxygen atoms in total. The van der Waals surface area contributed by atoms with Crippen LogP contribution in [0.3, 0.4) is 0 Å². The van der Waals surface area contributed by atoms with Gasteiger partial charge in [-0.1, -0.05) is 0 Å². The molecule has 2 heterocycles. The van der Waals surface area contributed by atoms with Gasteiger partial charge in [0.05, 0.1) is 5.54 Å². The lowest BCUT2D eigenvalue weighted by Gasteiger charge is -2.34. The highest BCUT2D eigenvalue weighted by atomic mass is 19.4. The number of hydrogen-bond donors (Lipinski definition) is 1.